The maximum Gasteiger partial charge on any atom is 0.0628 e. The van der Waals surface area contributed by atoms with Crippen LogP contribution in [0, 0.1) is 107 Å². The second kappa shape index (κ2) is 33.0. The van der Waals surface area contributed by atoms with E-state index in [0.29, 0.717) is 48.8 Å². The van der Waals surface area contributed by atoms with Crippen LogP contribution < -0.4 is 16.0 Å². The van der Waals surface area contributed by atoms with Gasteiger partial charge in [-0.25, -0.2) is 0 Å². The Hall–Kier alpha value is -0.320. The first-order chi connectivity index (χ1) is 46.2. The predicted molar refractivity (Wildman–Crippen MR) is 383 cm³/mol. The number of rotatable bonds is 0. The van der Waals surface area contributed by atoms with E-state index >= 15 is 0 Å². The molecule has 24 saturated carbocycles. The van der Waals surface area contributed by atoms with Crippen LogP contribution in [0.4, 0.5) is 0 Å². The van der Waals surface area contributed by atoms with Crippen LogP contribution in [0.15, 0.2) is 0 Å². The molecule has 8 nitrogen and oxygen atoms in total. The molecule has 534 valence electrons. The smallest absolute Gasteiger partial charge is 0.0628 e. The second-order valence-corrected chi connectivity index (χ2v) is 39.3. The van der Waals surface area contributed by atoms with Crippen molar-refractivity contribution >= 4 is 0 Å². The minimum Gasteiger partial charge on any atom is -0.378 e. The minimum absolute atomic E-state index is 0.671. The molecule has 8 heteroatoms. The van der Waals surface area contributed by atoms with Crippen molar-refractivity contribution in [1.29, 1.82) is 0 Å². The van der Waals surface area contributed by atoms with E-state index in [1.54, 1.807) is 186 Å². The van der Waals surface area contributed by atoms with Crippen molar-refractivity contribution in [3.63, 3.8) is 0 Å². The van der Waals surface area contributed by atoms with E-state index < -0.39 is 0 Å². The fraction of sp³-hybridized carbons (Fsp3) is 1.00. The van der Waals surface area contributed by atoms with Crippen LogP contribution in [0.1, 0.15) is 334 Å². The van der Waals surface area contributed by atoms with Gasteiger partial charge in [-0.05, 0) is 351 Å². The van der Waals surface area contributed by atoms with Gasteiger partial charge in [-0.15, -0.1) is 0 Å². The number of fused-ring (bicyclic) bond motifs is 19. The number of hydrogen-bond donors (Lipinski definition) is 3. The Kier molecular flexibility index (Phi) is 23.9. The highest BCUT2D eigenvalue weighted by molar-refractivity contribution is 4.97. The summed E-state index contributed by atoms with van der Waals surface area (Å²) >= 11 is 0. The third-order valence-electron chi connectivity index (χ3n) is 31.9. The van der Waals surface area contributed by atoms with Crippen LogP contribution in [0.25, 0.3) is 0 Å². The molecule has 0 aromatic heterocycles. The van der Waals surface area contributed by atoms with Crippen LogP contribution in [0.3, 0.4) is 0 Å². The third-order valence-corrected chi connectivity index (χ3v) is 31.9. The van der Waals surface area contributed by atoms with Gasteiger partial charge in [0.1, 0.15) is 0 Å². The molecule has 94 heavy (non-hydrogen) atoms. The molecule has 38 fully saturated rings. The normalized spacial score (nSPS) is 50.8. The fourth-order valence-electron chi connectivity index (χ4n) is 24.0. The highest BCUT2D eigenvalue weighted by Crippen LogP contribution is 2.54. The molecule has 14 heterocycles. The highest BCUT2D eigenvalue weighted by atomic mass is 16.5. The first-order valence-corrected chi connectivity index (χ1v) is 43.7. The van der Waals surface area contributed by atoms with Gasteiger partial charge in [-0.3, -0.25) is 0 Å². The van der Waals surface area contributed by atoms with E-state index in [1.165, 1.54) is 244 Å². The molecule has 0 aromatic rings. The van der Waals surface area contributed by atoms with Gasteiger partial charge in [0.25, 0.3) is 0 Å². The van der Waals surface area contributed by atoms with E-state index in [-0.39, 0.29) is 0 Å². The number of piperidine rings is 1. The molecule has 0 spiro atoms. The van der Waals surface area contributed by atoms with Crippen molar-refractivity contribution in [3.8, 4) is 0 Å². The van der Waals surface area contributed by atoms with E-state index in [4.69, 9.17) is 23.7 Å². The van der Waals surface area contributed by atoms with Crippen molar-refractivity contribution in [2.45, 2.75) is 407 Å². The van der Waals surface area contributed by atoms with E-state index in [0.717, 1.165) is 61.1 Å². The average Bonchev–Trinajstić information content (AvgIpc) is 1.63. The Balaban J connectivity index is 0.0000000797. The molecule has 0 aromatic carbocycles. The summed E-state index contributed by atoms with van der Waals surface area (Å²) in [6.45, 7) is 4.74. The summed E-state index contributed by atoms with van der Waals surface area (Å²) in [6.07, 6.45) is 83.2. The van der Waals surface area contributed by atoms with Gasteiger partial charge >= 0.3 is 0 Å². The number of nitrogens with one attached hydrogen (secondary N) is 3. The molecular formula is C86H145N3O5. The summed E-state index contributed by atoms with van der Waals surface area (Å²) in [6, 6.07) is 3.70. The Labute approximate surface area is 576 Å². The van der Waals surface area contributed by atoms with E-state index in [2.05, 4.69) is 16.0 Å². The molecule has 0 radical (unpaired) electrons. The molecular weight excluding hydrogens is 1150 g/mol. The highest BCUT2D eigenvalue weighted by Gasteiger charge is 2.45. The molecule has 14 aliphatic heterocycles. The summed E-state index contributed by atoms with van der Waals surface area (Å²) < 4.78 is 26.3. The second-order valence-electron chi connectivity index (χ2n) is 39.3. The molecule has 38 rings (SSSR count). The quantitative estimate of drug-likeness (QED) is 0.221. The predicted octanol–water partition coefficient (Wildman–Crippen LogP) is 19.9. The number of ether oxygens (including phenoxy) is 5. The minimum atomic E-state index is 0.671. The van der Waals surface area contributed by atoms with Crippen molar-refractivity contribution in [3.05, 3.63) is 0 Å². The largest absolute Gasteiger partial charge is 0.378 e. The standard InChI is InChI=1S/3C7H12.2C6H11N.2C6H10O.2C6H10.C5H9N.2C5H8O.2C5H8.C4H6O/c3*1-2-7-4-3-6(1)5-7;1-2-6-3-5(1)4-7-6;1-2-6-4-3-5(1)7-6;1-2-6-3-5(1)4-7-6;1-2-6-4-3-5(1)7-6;2*1-2-6-3-5(1)4-6;2*1-4-2-5(1)6-3-4;1-2-5-3-4(1)6-5;2*1-4-2-5(1)3-4;1-3-2-4(1)5-3/h3*6-7H,1-5H2;2*5-7H,1-4H2;2*5-6H,1-4H2;2*5-6H,1-4H2;4-6H,1-3H2;2*4-5H,1-3H2;2*4-5H,1-3H2;3-4H,1-2H2. The van der Waals surface area contributed by atoms with Gasteiger partial charge in [0.15, 0.2) is 0 Å². The summed E-state index contributed by atoms with van der Waals surface area (Å²) in [5.41, 5.74) is 0. The lowest BCUT2D eigenvalue weighted by Crippen LogP contribution is -2.52. The molecule has 38 aliphatic rings. The first kappa shape index (κ1) is 68.1. The Morgan fingerprint density at radius 1 is 0.160 bits per heavy atom. The molecule has 0 amide bonds. The summed E-state index contributed by atoms with van der Waals surface area (Å²) in [4.78, 5) is 0. The lowest BCUT2D eigenvalue weighted by Gasteiger charge is -2.49. The van der Waals surface area contributed by atoms with Crippen LogP contribution >= 0.6 is 0 Å². The monoisotopic (exact) mass is 1300 g/mol. The van der Waals surface area contributed by atoms with Crippen molar-refractivity contribution in [2.24, 2.45) is 107 Å². The summed E-state index contributed by atoms with van der Waals surface area (Å²) in [5, 5.41) is 10.4. The molecule has 3 N–H and O–H groups in total. The zero-order valence-corrected chi connectivity index (χ0v) is 60.5. The van der Waals surface area contributed by atoms with Gasteiger partial charge in [-0.1, -0.05) is 103 Å². The van der Waals surface area contributed by atoms with Crippen LogP contribution in [-0.4, -0.2) is 99.3 Å². The Morgan fingerprint density at radius 3 is 0.521 bits per heavy atom. The van der Waals surface area contributed by atoms with Gasteiger partial charge in [0.05, 0.1) is 48.8 Å². The molecule has 14 saturated heterocycles. The Bertz CT molecular complexity index is 1630. The number of hydrogen-bond acceptors (Lipinski definition) is 8. The van der Waals surface area contributed by atoms with Gasteiger partial charge < -0.3 is 39.6 Å². The van der Waals surface area contributed by atoms with Crippen LogP contribution in [-0.2, 0) is 23.7 Å². The molecule has 6 unspecified atom stereocenters. The maximum absolute atomic E-state index is 5.47. The van der Waals surface area contributed by atoms with Gasteiger partial charge in [-0.2, -0.15) is 0 Å². The average molecular weight is 1300 g/mol. The van der Waals surface area contributed by atoms with Crippen molar-refractivity contribution in [1.82, 2.24) is 16.0 Å². The van der Waals surface area contributed by atoms with E-state index in [9.17, 15) is 0 Å². The van der Waals surface area contributed by atoms with Crippen LogP contribution in [0.5, 0.6) is 0 Å². The summed E-state index contributed by atoms with van der Waals surface area (Å²) in [7, 11) is 0. The van der Waals surface area contributed by atoms with Crippen molar-refractivity contribution in [2.75, 3.05) is 26.3 Å². The SMILES string of the molecule is C1C2CC1C2.C1C2CC1C2.C1C2CC1O2.C1CC2CC1C2.C1CC2CC1C2.C1CC2CC1CN2.C1CC2CC1CO2.C1CC2CC1O2.C1CC2CCC1C2.C1CC2CCC1C2.C1CC2CCC1C2.C1CC2CCC1N2.C1CC2CCC1O2.C1NC2CC1C2.C1OC2CC1C2. The topological polar surface area (TPSA) is 82.2 Å². The third kappa shape index (κ3) is 19.1. The zero-order chi connectivity index (χ0) is 62.6. The lowest BCUT2D eigenvalue weighted by molar-refractivity contribution is -0.237. The Morgan fingerprint density at radius 2 is 0.426 bits per heavy atom. The van der Waals surface area contributed by atoms with Gasteiger partial charge in [0, 0.05) is 37.4 Å². The maximum atomic E-state index is 5.47. The first-order valence-electron chi connectivity index (χ1n) is 43.7. The van der Waals surface area contributed by atoms with E-state index in [1.807, 2.05) is 0 Å². The molecule has 6 atom stereocenters. The molecule has 24 aliphatic carbocycles. The lowest BCUT2D eigenvalue weighted by atomic mass is 9.56. The molecule has 30 bridgehead atoms. The van der Waals surface area contributed by atoms with Gasteiger partial charge in [0.2, 0.25) is 0 Å². The zero-order valence-electron chi connectivity index (χ0n) is 60.5. The van der Waals surface area contributed by atoms with Crippen molar-refractivity contribution < 1.29 is 23.7 Å². The summed E-state index contributed by atoms with van der Waals surface area (Å²) in [5.74, 6) is 20.7. The van der Waals surface area contributed by atoms with Crippen LogP contribution in [0.2, 0.25) is 0 Å². The fourth-order valence-corrected chi connectivity index (χ4v) is 24.0.